The zero-order valence-electron chi connectivity index (χ0n) is 25.3. The Hall–Kier alpha value is -2.94. The number of halogens is 1. The number of Topliss-reactive ketones (excluding diaryl/α,β-unsaturated/α-hetero) is 1. The number of esters is 1. The largest absolute Gasteiger partial charge is 0.462 e. The molecule has 0 spiro atoms. The van der Waals surface area contributed by atoms with Crippen molar-refractivity contribution in [1.82, 2.24) is 4.90 Å². The fourth-order valence-corrected chi connectivity index (χ4v) is 4.62. The standard InChI is InChI=1S/C31H45ClN2O7/c1-7-8-9-10-11-12-13-14-15-16-19-40-27(37)21-17-18-22(32)23(20-21)33-26(36)24(25(35)30(2,3)4)34-28(38)31(5,6)41-29(34)39/h17-18,20,24H,7-16,19H2,1-6H3,(H,33,36). The molecule has 41 heavy (non-hydrogen) atoms. The molecule has 1 unspecified atom stereocenters. The Kier molecular flexibility index (Phi) is 12.8. The van der Waals surface area contributed by atoms with Gasteiger partial charge >= 0.3 is 12.1 Å². The number of ether oxygens (including phenoxy) is 2. The summed E-state index contributed by atoms with van der Waals surface area (Å²) >= 11 is 6.28. The number of anilines is 1. The molecule has 1 heterocycles. The SMILES string of the molecule is CCCCCCCCCCCCOC(=O)c1ccc(Cl)c(NC(=O)C(C(=O)C(C)(C)C)N2C(=O)OC(C)(C)C2=O)c1. The number of hydrogen-bond acceptors (Lipinski definition) is 7. The maximum absolute atomic E-state index is 13.4. The molecule has 0 bridgehead atoms. The lowest BCUT2D eigenvalue weighted by molar-refractivity contribution is -0.145. The predicted molar refractivity (Wildman–Crippen MR) is 158 cm³/mol. The number of rotatable bonds is 16. The first kappa shape index (κ1) is 34.3. The quantitative estimate of drug-likeness (QED) is 0.123. The molecule has 1 atom stereocenters. The lowest BCUT2D eigenvalue weighted by Gasteiger charge is -2.28. The maximum atomic E-state index is 13.4. The summed E-state index contributed by atoms with van der Waals surface area (Å²) in [4.78, 5) is 65.3. The van der Waals surface area contributed by atoms with Crippen LogP contribution < -0.4 is 5.32 Å². The molecule has 1 N–H and O–H groups in total. The third-order valence-electron chi connectivity index (χ3n) is 6.96. The van der Waals surface area contributed by atoms with E-state index in [9.17, 15) is 24.0 Å². The summed E-state index contributed by atoms with van der Waals surface area (Å²) in [5, 5.41) is 2.61. The van der Waals surface area contributed by atoms with Crippen molar-refractivity contribution in [2.24, 2.45) is 5.41 Å². The Balaban J connectivity index is 2.00. The molecule has 1 aliphatic rings. The van der Waals surface area contributed by atoms with E-state index in [0.717, 1.165) is 19.3 Å². The van der Waals surface area contributed by atoms with E-state index in [-0.39, 0.29) is 22.9 Å². The number of nitrogens with zero attached hydrogens (tertiary/aromatic N) is 1. The molecule has 0 aliphatic carbocycles. The zero-order chi connectivity index (χ0) is 30.8. The number of hydrogen-bond donors (Lipinski definition) is 1. The second-order valence-electron chi connectivity index (χ2n) is 12.1. The van der Waals surface area contributed by atoms with Gasteiger partial charge in [-0.1, -0.05) is 97.1 Å². The van der Waals surface area contributed by atoms with Crippen LogP contribution in [0.4, 0.5) is 10.5 Å². The number of carbonyl (C=O) groups is 5. The van der Waals surface area contributed by atoms with Crippen molar-refractivity contribution in [1.29, 1.82) is 0 Å². The minimum absolute atomic E-state index is 0.0380. The van der Waals surface area contributed by atoms with Crippen LogP contribution in [0, 0.1) is 5.41 Å². The number of imide groups is 1. The fourth-order valence-electron chi connectivity index (χ4n) is 4.46. The van der Waals surface area contributed by atoms with Crippen LogP contribution >= 0.6 is 11.6 Å². The summed E-state index contributed by atoms with van der Waals surface area (Å²) in [6.07, 6.45) is 10.6. The predicted octanol–water partition coefficient (Wildman–Crippen LogP) is 7.10. The Morgan fingerprint density at radius 3 is 2.05 bits per heavy atom. The van der Waals surface area contributed by atoms with E-state index in [1.165, 1.54) is 77.0 Å². The number of cyclic esters (lactones) is 1. The van der Waals surface area contributed by atoms with Gasteiger partial charge in [-0.15, -0.1) is 0 Å². The van der Waals surface area contributed by atoms with Gasteiger partial charge in [0.05, 0.1) is 22.9 Å². The van der Waals surface area contributed by atoms with Crippen molar-refractivity contribution < 1.29 is 33.4 Å². The van der Waals surface area contributed by atoms with Crippen LogP contribution in [0.15, 0.2) is 18.2 Å². The average molecular weight is 593 g/mol. The first-order valence-corrected chi connectivity index (χ1v) is 15.0. The lowest BCUT2D eigenvalue weighted by atomic mass is 9.85. The molecule has 1 fully saturated rings. The molecule has 9 nitrogen and oxygen atoms in total. The Morgan fingerprint density at radius 1 is 0.976 bits per heavy atom. The number of benzene rings is 1. The second kappa shape index (κ2) is 15.3. The fraction of sp³-hybridized carbons (Fsp3) is 0.645. The van der Waals surface area contributed by atoms with Crippen LogP contribution in [0.2, 0.25) is 5.02 Å². The lowest BCUT2D eigenvalue weighted by Crippen LogP contribution is -2.55. The van der Waals surface area contributed by atoms with E-state index in [0.29, 0.717) is 4.90 Å². The normalized spacial score (nSPS) is 15.4. The Morgan fingerprint density at radius 2 is 1.54 bits per heavy atom. The van der Waals surface area contributed by atoms with E-state index in [4.69, 9.17) is 21.1 Å². The van der Waals surface area contributed by atoms with Crippen molar-refractivity contribution in [2.75, 3.05) is 11.9 Å². The van der Waals surface area contributed by atoms with Gasteiger partial charge in [0.1, 0.15) is 0 Å². The highest BCUT2D eigenvalue weighted by molar-refractivity contribution is 6.34. The van der Waals surface area contributed by atoms with Crippen LogP contribution in [0.25, 0.3) is 0 Å². The molecule has 3 amide bonds. The van der Waals surface area contributed by atoms with Crippen molar-refractivity contribution in [2.45, 2.75) is 117 Å². The molecule has 0 saturated carbocycles. The molecular weight excluding hydrogens is 548 g/mol. The van der Waals surface area contributed by atoms with Crippen LogP contribution in [0.5, 0.6) is 0 Å². The van der Waals surface area contributed by atoms with E-state index < -0.39 is 46.7 Å². The van der Waals surface area contributed by atoms with Crippen molar-refractivity contribution in [3.8, 4) is 0 Å². The van der Waals surface area contributed by atoms with Crippen LogP contribution in [0.3, 0.4) is 0 Å². The summed E-state index contributed by atoms with van der Waals surface area (Å²) in [6.45, 7) is 9.97. The van der Waals surface area contributed by atoms with Crippen molar-refractivity contribution in [3.05, 3.63) is 28.8 Å². The van der Waals surface area contributed by atoms with E-state index in [2.05, 4.69) is 12.2 Å². The molecule has 1 aromatic carbocycles. The van der Waals surface area contributed by atoms with E-state index in [1.807, 2.05) is 0 Å². The van der Waals surface area contributed by atoms with Gasteiger partial charge < -0.3 is 14.8 Å². The van der Waals surface area contributed by atoms with Gasteiger partial charge in [-0.25, -0.2) is 14.5 Å². The summed E-state index contributed by atoms with van der Waals surface area (Å²) in [7, 11) is 0. The molecule has 2 rings (SSSR count). The number of carbonyl (C=O) groups excluding carboxylic acids is 5. The highest BCUT2D eigenvalue weighted by Crippen LogP contribution is 2.31. The highest BCUT2D eigenvalue weighted by Gasteiger charge is 2.55. The number of amides is 3. The summed E-state index contributed by atoms with van der Waals surface area (Å²) in [6, 6.07) is 2.45. The third kappa shape index (κ3) is 9.83. The molecule has 10 heteroatoms. The molecular formula is C31H45ClN2O7. The molecule has 1 aromatic rings. The van der Waals surface area contributed by atoms with E-state index in [1.54, 1.807) is 20.8 Å². The minimum atomic E-state index is -1.79. The first-order valence-electron chi connectivity index (χ1n) is 14.6. The third-order valence-corrected chi connectivity index (χ3v) is 7.29. The summed E-state index contributed by atoms with van der Waals surface area (Å²) in [5.41, 5.74) is -2.40. The van der Waals surface area contributed by atoms with Crippen LogP contribution in [0.1, 0.15) is 116 Å². The smallest absolute Gasteiger partial charge is 0.418 e. The van der Waals surface area contributed by atoms with Gasteiger partial charge in [-0.2, -0.15) is 0 Å². The van der Waals surface area contributed by atoms with Crippen LogP contribution in [-0.4, -0.2) is 52.8 Å². The summed E-state index contributed by atoms with van der Waals surface area (Å²) < 4.78 is 10.5. The average Bonchev–Trinajstić information content (AvgIpc) is 3.09. The monoisotopic (exact) mass is 592 g/mol. The van der Waals surface area contributed by atoms with E-state index >= 15 is 0 Å². The zero-order valence-corrected chi connectivity index (χ0v) is 26.0. The van der Waals surface area contributed by atoms with Gasteiger partial charge in [0.25, 0.3) is 11.8 Å². The van der Waals surface area contributed by atoms with Gasteiger partial charge in [-0.05, 0) is 38.5 Å². The molecule has 228 valence electrons. The second-order valence-corrected chi connectivity index (χ2v) is 12.5. The number of ketones is 1. The highest BCUT2D eigenvalue weighted by atomic mass is 35.5. The van der Waals surface area contributed by atoms with Crippen molar-refractivity contribution >= 4 is 46.9 Å². The van der Waals surface area contributed by atoms with Crippen LogP contribution in [-0.2, 0) is 23.9 Å². The van der Waals surface area contributed by atoms with Gasteiger partial charge in [0, 0.05) is 5.41 Å². The molecule has 0 radical (unpaired) electrons. The topological polar surface area (TPSA) is 119 Å². The van der Waals surface area contributed by atoms with Gasteiger partial charge in [-0.3, -0.25) is 14.4 Å². The van der Waals surface area contributed by atoms with Gasteiger partial charge in [0.2, 0.25) is 0 Å². The molecule has 1 saturated heterocycles. The molecule has 0 aromatic heterocycles. The van der Waals surface area contributed by atoms with Crippen molar-refractivity contribution in [3.63, 3.8) is 0 Å². The first-order chi connectivity index (χ1) is 19.2. The number of unbranched alkanes of at least 4 members (excludes halogenated alkanes) is 9. The Labute approximate surface area is 248 Å². The molecule has 1 aliphatic heterocycles. The van der Waals surface area contributed by atoms with Gasteiger partial charge in [0.15, 0.2) is 17.4 Å². The Bertz CT molecular complexity index is 1110. The maximum Gasteiger partial charge on any atom is 0.418 e. The number of nitrogens with one attached hydrogen (secondary N) is 1. The minimum Gasteiger partial charge on any atom is -0.462 e. The summed E-state index contributed by atoms with van der Waals surface area (Å²) in [5.74, 6) is -3.00.